The van der Waals surface area contributed by atoms with E-state index in [0.29, 0.717) is 12.1 Å². The molecule has 1 aliphatic carbocycles. The number of ether oxygens (including phenoxy) is 1. The first kappa shape index (κ1) is 13.8. The van der Waals surface area contributed by atoms with Gasteiger partial charge in [-0.1, -0.05) is 13.8 Å². The molecule has 1 N–H and O–H groups in total. The lowest BCUT2D eigenvalue weighted by Gasteiger charge is -2.52. The van der Waals surface area contributed by atoms with Gasteiger partial charge in [0, 0.05) is 28.2 Å². The number of benzene rings is 1. The van der Waals surface area contributed by atoms with E-state index in [1.165, 1.54) is 12.1 Å². The molecule has 4 heteroatoms. The molecule has 1 aromatic carbocycles. The third kappa shape index (κ3) is 2.54. The fraction of sp³-hybridized carbons (Fsp3) is 0.571. The van der Waals surface area contributed by atoms with Crippen molar-refractivity contribution >= 4 is 21.6 Å². The first-order chi connectivity index (χ1) is 8.45. The van der Waals surface area contributed by atoms with E-state index in [2.05, 4.69) is 35.1 Å². The minimum absolute atomic E-state index is 0.101. The minimum Gasteiger partial charge on any atom is -0.381 e. The summed E-state index contributed by atoms with van der Waals surface area (Å²) in [5, 5.41) is 3.46. The molecule has 1 fully saturated rings. The van der Waals surface area contributed by atoms with Crippen LogP contribution in [-0.2, 0) is 4.74 Å². The van der Waals surface area contributed by atoms with Gasteiger partial charge in [0.05, 0.1) is 6.10 Å². The Kier molecular flexibility index (Phi) is 3.97. The van der Waals surface area contributed by atoms with Crippen LogP contribution < -0.4 is 5.32 Å². The second-order valence-corrected chi connectivity index (χ2v) is 6.18. The molecule has 1 aliphatic rings. The van der Waals surface area contributed by atoms with E-state index in [4.69, 9.17) is 4.74 Å². The van der Waals surface area contributed by atoms with Gasteiger partial charge in [-0.2, -0.15) is 0 Å². The number of anilines is 1. The average molecular weight is 316 g/mol. The molecule has 2 nitrogen and oxygen atoms in total. The van der Waals surface area contributed by atoms with Crippen molar-refractivity contribution in [3.05, 3.63) is 28.5 Å². The second kappa shape index (κ2) is 5.17. The van der Waals surface area contributed by atoms with Crippen molar-refractivity contribution < 1.29 is 9.13 Å². The molecular weight excluding hydrogens is 297 g/mol. The highest BCUT2D eigenvalue weighted by Gasteiger charge is 2.48. The van der Waals surface area contributed by atoms with E-state index in [1.807, 2.05) is 6.92 Å². The smallest absolute Gasteiger partial charge is 0.124 e. The van der Waals surface area contributed by atoms with Crippen molar-refractivity contribution in [1.29, 1.82) is 0 Å². The third-order valence-corrected chi connectivity index (χ3v) is 4.46. The van der Waals surface area contributed by atoms with Crippen LogP contribution in [0.4, 0.5) is 10.1 Å². The van der Waals surface area contributed by atoms with Crippen molar-refractivity contribution in [3.63, 3.8) is 0 Å². The van der Waals surface area contributed by atoms with Crippen LogP contribution in [0.25, 0.3) is 0 Å². The van der Waals surface area contributed by atoms with Crippen molar-refractivity contribution in [2.24, 2.45) is 5.41 Å². The molecule has 1 aromatic rings. The molecule has 0 aliphatic heterocycles. The molecule has 0 aromatic heterocycles. The zero-order valence-corrected chi connectivity index (χ0v) is 12.6. The normalized spacial score (nSPS) is 25.6. The summed E-state index contributed by atoms with van der Waals surface area (Å²) in [6, 6.07) is 5.08. The predicted molar refractivity (Wildman–Crippen MR) is 75.3 cm³/mol. The van der Waals surface area contributed by atoms with Crippen molar-refractivity contribution in [3.8, 4) is 0 Å². The Morgan fingerprint density at radius 3 is 2.78 bits per heavy atom. The molecule has 100 valence electrons. The van der Waals surface area contributed by atoms with Gasteiger partial charge in [-0.25, -0.2) is 4.39 Å². The van der Waals surface area contributed by atoms with Crippen LogP contribution >= 0.6 is 15.9 Å². The lowest BCUT2D eigenvalue weighted by atomic mass is 9.64. The Balaban J connectivity index is 2.03. The Morgan fingerprint density at radius 2 is 2.22 bits per heavy atom. The summed E-state index contributed by atoms with van der Waals surface area (Å²) < 4.78 is 19.5. The number of halogens is 2. The fourth-order valence-electron chi connectivity index (χ4n) is 2.41. The van der Waals surface area contributed by atoms with Crippen LogP contribution in [0.1, 0.15) is 27.2 Å². The summed E-state index contributed by atoms with van der Waals surface area (Å²) >= 11 is 3.38. The molecule has 0 spiro atoms. The zero-order chi connectivity index (χ0) is 13.3. The summed E-state index contributed by atoms with van der Waals surface area (Å²) in [4.78, 5) is 0. The van der Waals surface area contributed by atoms with Gasteiger partial charge in [0.15, 0.2) is 0 Å². The van der Waals surface area contributed by atoms with Gasteiger partial charge in [-0.3, -0.25) is 0 Å². The number of nitrogens with one attached hydrogen (secondary N) is 1. The van der Waals surface area contributed by atoms with Crippen LogP contribution in [0.2, 0.25) is 0 Å². The van der Waals surface area contributed by atoms with Crippen LogP contribution in [0.5, 0.6) is 0 Å². The Labute approximate surface area is 116 Å². The average Bonchev–Trinajstić information content (AvgIpc) is 2.30. The van der Waals surface area contributed by atoms with E-state index in [1.54, 1.807) is 6.07 Å². The summed E-state index contributed by atoms with van der Waals surface area (Å²) in [5.41, 5.74) is 1.04. The number of rotatable bonds is 4. The summed E-state index contributed by atoms with van der Waals surface area (Å²) in [6.45, 7) is 7.17. The summed E-state index contributed by atoms with van der Waals surface area (Å²) in [6.07, 6.45) is 1.30. The van der Waals surface area contributed by atoms with Crippen LogP contribution in [0.15, 0.2) is 22.7 Å². The molecule has 0 heterocycles. The molecule has 0 bridgehead atoms. The van der Waals surface area contributed by atoms with Gasteiger partial charge in [0.1, 0.15) is 5.82 Å². The van der Waals surface area contributed by atoms with E-state index in [-0.39, 0.29) is 11.2 Å². The highest BCUT2D eigenvalue weighted by atomic mass is 79.9. The van der Waals surface area contributed by atoms with Gasteiger partial charge in [-0.15, -0.1) is 0 Å². The van der Waals surface area contributed by atoms with Gasteiger partial charge < -0.3 is 10.1 Å². The second-order valence-electron chi connectivity index (χ2n) is 5.32. The molecule has 0 radical (unpaired) electrons. The molecule has 0 amide bonds. The van der Waals surface area contributed by atoms with Crippen molar-refractivity contribution in [2.75, 3.05) is 11.9 Å². The van der Waals surface area contributed by atoms with Gasteiger partial charge >= 0.3 is 0 Å². The van der Waals surface area contributed by atoms with E-state index < -0.39 is 0 Å². The van der Waals surface area contributed by atoms with Crippen molar-refractivity contribution in [1.82, 2.24) is 0 Å². The molecule has 2 unspecified atom stereocenters. The van der Waals surface area contributed by atoms with Crippen LogP contribution in [-0.4, -0.2) is 18.8 Å². The summed E-state index contributed by atoms with van der Waals surface area (Å²) in [5.74, 6) is -0.229. The number of hydrogen-bond acceptors (Lipinski definition) is 2. The van der Waals surface area contributed by atoms with E-state index in [0.717, 1.165) is 23.2 Å². The minimum atomic E-state index is -0.229. The number of hydrogen-bond donors (Lipinski definition) is 1. The standard InChI is InChI=1S/C14H19BrFNO/c1-4-18-13-8-12(14(13,2)3)17-11-6-5-9(16)7-10(11)15/h5-7,12-13,17H,4,8H2,1-3H3. The van der Waals surface area contributed by atoms with Gasteiger partial charge in [0.2, 0.25) is 0 Å². The SMILES string of the molecule is CCOC1CC(Nc2ccc(F)cc2Br)C1(C)C. The topological polar surface area (TPSA) is 21.3 Å². The van der Waals surface area contributed by atoms with E-state index >= 15 is 0 Å². The largest absolute Gasteiger partial charge is 0.381 e. The molecule has 2 rings (SSSR count). The Bertz CT molecular complexity index is 436. The lowest BCUT2D eigenvalue weighted by molar-refractivity contribution is -0.0976. The molecule has 0 saturated heterocycles. The van der Waals surface area contributed by atoms with Gasteiger partial charge in [-0.05, 0) is 47.5 Å². The Hall–Kier alpha value is -0.610. The first-order valence-corrected chi connectivity index (χ1v) is 7.07. The molecule has 18 heavy (non-hydrogen) atoms. The molecule has 2 atom stereocenters. The summed E-state index contributed by atoms with van der Waals surface area (Å²) in [7, 11) is 0. The maximum absolute atomic E-state index is 13.0. The maximum Gasteiger partial charge on any atom is 0.124 e. The lowest BCUT2D eigenvalue weighted by Crippen LogP contribution is -2.58. The van der Waals surface area contributed by atoms with Crippen LogP contribution in [0.3, 0.4) is 0 Å². The van der Waals surface area contributed by atoms with Gasteiger partial charge in [0.25, 0.3) is 0 Å². The van der Waals surface area contributed by atoms with Crippen LogP contribution in [0, 0.1) is 11.2 Å². The Morgan fingerprint density at radius 1 is 1.50 bits per heavy atom. The zero-order valence-electron chi connectivity index (χ0n) is 11.0. The highest BCUT2D eigenvalue weighted by molar-refractivity contribution is 9.10. The van der Waals surface area contributed by atoms with E-state index in [9.17, 15) is 4.39 Å². The van der Waals surface area contributed by atoms with Crippen molar-refractivity contribution in [2.45, 2.75) is 39.3 Å². The monoisotopic (exact) mass is 315 g/mol. The molecule has 1 saturated carbocycles. The fourth-order valence-corrected chi connectivity index (χ4v) is 2.87. The molecular formula is C14H19BrFNO. The third-order valence-electron chi connectivity index (χ3n) is 3.81. The predicted octanol–water partition coefficient (Wildman–Crippen LogP) is 4.20. The first-order valence-electron chi connectivity index (χ1n) is 6.28. The maximum atomic E-state index is 13.0. The quantitative estimate of drug-likeness (QED) is 0.899. The highest BCUT2D eigenvalue weighted by Crippen LogP contribution is 2.44.